The van der Waals surface area contributed by atoms with E-state index in [0.717, 1.165) is 41.6 Å². The first-order chi connectivity index (χ1) is 13.6. The quantitative estimate of drug-likeness (QED) is 0.355. The molecule has 0 spiro atoms. The van der Waals surface area contributed by atoms with Crippen molar-refractivity contribution in [3.8, 4) is 0 Å². The molecule has 0 aliphatic heterocycles. The van der Waals surface area contributed by atoms with Crippen LogP contribution in [0.25, 0.3) is 0 Å². The van der Waals surface area contributed by atoms with Gasteiger partial charge in [-0.25, -0.2) is 4.98 Å². The second kappa shape index (κ2) is 11.1. The summed E-state index contributed by atoms with van der Waals surface area (Å²) in [5.41, 5.74) is 2.35. The summed E-state index contributed by atoms with van der Waals surface area (Å²) in [5, 5.41) is 5.74. The van der Waals surface area contributed by atoms with Gasteiger partial charge in [0.15, 0.2) is 0 Å². The predicted molar refractivity (Wildman–Crippen MR) is 122 cm³/mol. The Labute approximate surface area is 185 Å². The molecule has 0 amide bonds. The number of rotatable bonds is 10. The maximum absolute atomic E-state index is 6.44. The van der Waals surface area contributed by atoms with Gasteiger partial charge < -0.3 is 9.88 Å². The fourth-order valence-corrected chi connectivity index (χ4v) is 4.47. The predicted octanol–water partition coefficient (Wildman–Crippen LogP) is 6.50. The molecule has 0 saturated heterocycles. The van der Waals surface area contributed by atoms with Crippen LogP contribution in [0.4, 0.5) is 0 Å². The van der Waals surface area contributed by atoms with Gasteiger partial charge in [0.05, 0.1) is 12.4 Å². The molecule has 1 heterocycles. The Hall–Kier alpha value is -1.17. The molecule has 1 N–H and O–H groups in total. The molecule has 0 aliphatic carbocycles. The molecular weight excluding hydrogens is 433 g/mol. The fourth-order valence-electron chi connectivity index (χ4n) is 2.88. The Morgan fingerprint density at radius 2 is 1.82 bits per heavy atom. The van der Waals surface area contributed by atoms with Gasteiger partial charge in [-0.2, -0.15) is 11.8 Å². The van der Waals surface area contributed by atoms with Crippen molar-refractivity contribution in [2.75, 3.05) is 12.3 Å². The van der Waals surface area contributed by atoms with Crippen molar-refractivity contribution < 1.29 is 0 Å². The van der Waals surface area contributed by atoms with E-state index in [2.05, 4.69) is 27.0 Å². The molecule has 0 radical (unpaired) electrons. The Morgan fingerprint density at radius 1 is 1.04 bits per heavy atom. The summed E-state index contributed by atoms with van der Waals surface area (Å²) in [6.45, 7) is 1.67. The minimum atomic E-state index is 0.0974. The van der Waals surface area contributed by atoms with Crippen molar-refractivity contribution in [1.82, 2.24) is 14.9 Å². The molecule has 2 aromatic carbocycles. The highest BCUT2D eigenvalue weighted by molar-refractivity contribution is 7.98. The van der Waals surface area contributed by atoms with Crippen LogP contribution in [0.2, 0.25) is 15.1 Å². The molecule has 0 aliphatic rings. The minimum Gasteiger partial charge on any atom is -0.336 e. The summed E-state index contributed by atoms with van der Waals surface area (Å²) in [5.74, 6) is 2.08. The van der Waals surface area contributed by atoms with Gasteiger partial charge in [-0.15, -0.1) is 0 Å². The van der Waals surface area contributed by atoms with Crippen LogP contribution in [-0.2, 0) is 12.3 Å². The van der Waals surface area contributed by atoms with E-state index in [4.69, 9.17) is 34.8 Å². The molecule has 1 aromatic heterocycles. The standard InChI is InChI=1S/C21H22Cl3N3S/c22-17-4-2-16(3-5-17)14-28-11-1-8-26-21(13-27-10-9-25-15-27)19-7-6-18(23)12-20(19)24/h2-7,9-10,12,15,21,26H,1,8,11,13-14H2. The number of benzene rings is 2. The highest BCUT2D eigenvalue weighted by atomic mass is 35.5. The number of nitrogens with zero attached hydrogens (tertiary/aromatic N) is 2. The third kappa shape index (κ3) is 6.71. The lowest BCUT2D eigenvalue weighted by atomic mass is 10.1. The van der Waals surface area contributed by atoms with Crippen LogP contribution in [-0.4, -0.2) is 21.8 Å². The van der Waals surface area contributed by atoms with E-state index in [1.54, 1.807) is 12.3 Å². The highest BCUT2D eigenvalue weighted by Crippen LogP contribution is 2.27. The summed E-state index contributed by atoms with van der Waals surface area (Å²) in [7, 11) is 0. The van der Waals surface area contributed by atoms with Gasteiger partial charge in [0.1, 0.15) is 0 Å². The lowest BCUT2D eigenvalue weighted by Crippen LogP contribution is -2.27. The zero-order valence-electron chi connectivity index (χ0n) is 15.3. The molecule has 7 heteroatoms. The second-order valence-corrected chi connectivity index (χ2v) is 8.85. The zero-order chi connectivity index (χ0) is 19.8. The normalized spacial score (nSPS) is 12.2. The van der Waals surface area contributed by atoms with Crippen LogP contribution in [0.15, 0.2) is 61.2 Å². The van der Waals surface area contributed by atoms with E-state index < -0.39 is 0 Å². The molecule has 0 fully saturated rings. The van der Waals surface area contributed by atoms with E-state index in [9.17, 15) is 0 Å². The third-order valence-corrected chi connectivity index (χ3v) is 6.26. The third-order valence-electron chi connectivity index (χ3n) is 4.33. The van der Waals surface area contributed by atoms with Crippen LogP contribution in [0.1, 0.15) is 23.6 Å². The average molecular weight is 455 g/mol. The Bertz CT molecular complexity index is 854. The van der Waals surface area contributed by atoms with Crippen molar-refractivity contribution in [3.05, 3.63) is 87.4 Å². The van der Waals surface area contributed by atoms with Gasteiger partial charge in [-0.05, 0) is 54.1 Å². The van der Waals surface area contributed by atoms with Crippen molar-refractivity contribution in [3.63, 3.8) is 0 Å². The lowest BCUT2D eigenvalue weighted by molar-refractivity contribution is 0.464. The summed E-state index contributed by atoms with van der Waals surface area (Å²) in [4.78, 5) is 4.13. The molecule has 0 bridgehead atoms. The van der Waals surface area contributed by atoms with Crippen LogP contribution < -0.4 is 5.32 Å². The van der Waals surface area contributed by atoms with Crippen molar-refractivity contribution >= 4 is 46.6 Å². The molecule has 1 unspecified atom stereocenters. The summed E-state index contributed by atoms with van der Waals surface area (Å²) in [6.07, 6.45) is 6.64. The summed E-state index contributed by atoms with van der Waals surface area (Å²) < 4.78 is 2.05. The second-order valence-electron chi connectivity index (χ2n) is 6.46. The fraction of sp³-hybridized carbons (Fsp3) is 0.286. The largest absolute Gasteiger partial charge is 0.336 e. The van der Waals surface area contributed by atoms with E-state index in [1.165, 1.54) is 5.56 Å². The Kier molecular flexibility index (Phi) is 8.56. The van der Waals surface area contributed by atoms with Gasteiger partial charge >= 0.3 is 0 Å². The number of thioether (sulfide) groups is 1. The van der Waals surface area contributed by atoms with E-state index in [0.29, 0.717) is 10.0 Å². The number of aromatic nitrogens is 2. The van der Waals surface area contributed by atoms with Crippen molar-refractivity contribution in [2.45, 2.75) is 24.8 Å². The van der Waals surface area contributed by atoms with E-state index >= 15 is 0 Å². The topological polar surface area (TPSA) is 29.9 Å². The first-order valence-corrected chi connectivity index (χ1v) is 11.4. The molecule has 3 aromatic rings. The van der Waals surface area contributed by atoms with Crippen molar-refractivity contribution in [1.29, 1.82) is 0 Å². The molecular formula is C21H22Cl3N3S. The molecule has 3 rings (SSSR count). The molecule has 0 saturated carbocycles. The average Bonchev–Trinajstić information content (AvgIpc) is 3.18. The Morgan fingerprint density at radius 3 is 2.54 bits per heavy atom. The first kappa shape index (κ1) is 21.5. The number of hydrogen-bond acceptors (Lipinski definition) is 3. The van der Waals surface area contributed by atoms with Gasteiger partial charge in [-0.3, -0.25) is 0 Å². The van der Waals surface area contributed by atoms with Crippen LogP contribution in [0, 0.1) is 0 Å². The molecule has 3 nitrogen and oxygen atoms in total. The maximum Gasteiger partial charge on any atom is 0.0946 e. The van der Waals surface area contributed by atoms with Gasteiger partial charge in [0, 0.05) is 39.8 Å². The molecule has 148 valence electrons. The van der Waals surface area contributed by atoms with Crippen LogP contribution in [0.3, 0.4) is 0 Å². The summed E-state index contributed by atoms with van der Waals surface area (Å²) in [6, 6.07) is 13.8. The Balaban J connectivity index is 1.49. The van der Waals surface area contributed by atoms with Gasteiger partial charge in [-0.1, -0.05) is 53.0 Å². The number of hydrogen-bond donors (Lipinski definition) is 1. The zero-order valence-corrected chi connectivity index (χ0v) is 18.4. The van der Waals surface area contributed by atoms with Crippen LogP contribution in [0.5, 0.6) is 0 Å². The van der Waals surface area contributed by atoms with E-state index in [1.807, 2.05) is 48.6 Å². The van der Waals surface area contributed by atoms with Gasteiger partial charge in [0.25, 0.3) is 0 Å². The summed E-state index contributed by atoms with van der Waals surface area (Å²) >= 11 is 20.4. The SMILES string of the molecule is Clc1ccc(CSCCCNC(Cn2ccnc2)c2ccc(Cl)cc2Cl)cc1. The smallest absolute Gasteiger partial charge is 0.0946 e. The molecule has 1 atom stereocenters. The van der Waals surface area contributed by atoms with Crippen LogP contribution >= 0.6 is 46.6 Å². The monoisotopic (exact) mass is 453 g/mol. The van der Waals surface area contributed by atoms with Gasteiger partial charge in [0.2, 0.25) is 0 Å². The lowest BCUT2D eigenvalue weighted by Gasteiger charge is -2.21. The van der Waals surface area contributed by atoms with E-state index in [-0.39, 0.29) is 6.04 Å². The minimum absolute atomic E-state index is 0.0974. The highest BCUT2D eigenvalue weighted by Gasteiger charge is 2.15. The number of nitrogens with one attached hydrogen (secondary N) is 1. The molecule has 28 heavy (non-hydrogen) atoms. The first-order valence-electron chi connectivity index (χ1n) is 9.08. The van der Waals surface area contributed by atoms with Crippen molar-refractivity contribution in [2.24, 2.45) is 0 Å². The number of imidazole rings is 1. The maximum atomic E-state index is 6.44. The number of halogens is 3.